The van der Waals surface area contributed by atoms with Crippen molar-refractivity contribution in [2.24, 2.45) is 5.92 Å². The molecular weight excluding hydrogens is 222 g/mol. The number of rotatable bonds is 2. The second kappa shape index (κ2) is 4.62. The summed E-state index contributed by atoms with van der Waals surface area (Å²) < 4.78 is 1.95. The van der Waals surface area contributed by atoms with Crippen LogP contribution in [0.5, 0.6) is 0 Å². The van der Waals surface area contributed by atoms with Crippen molar-refractivity contribution in [3.63, 3.8) is 0 Å². The summed E-state index contributed by atoms with van der Waals surface area (Å²) in [4.78, 5) is 12.3. The number of hydrogen-bond acceptors (Lipinski definition) is 1. The van der Waals surface area contributed by atoms with Crippen molar-refractivity contribution < 1.29 is 0 Å². The first-order valence-electron chi connectivity index (χ1n) is 5.91. The zero-order valence-electron chi connectivity index (χ0n) is 9.92. The van der Waals surface area contributed by atoms with Crippen LogP contribution in [-0.4, -0.2) is 10.4 Å². The molecule has 2 nitrogen and oxygen atoms in total. The van der Waals surface area contributed by atoms with Crippen molar-refractivity contribution >= 4 is 11.6 Å². The summed E-state index contributed by atoms with van der Waals surface area (Å²) in [5, 5.41) is 0. The highest BCUT2D eigenvalue weighted by molar-refractivity contribution is 6.18. The van der Waals surface area contributed by atoms with Gasteiger partial charge in [-0.05, 0) is 43.7 Å². The molecule has 1 aromatic rings. The van der Waals surface area contributed by atoms with E-state index in [1.165, 1.54) is 12.1 Å². The highest BCUT2D eigenvalue weighted by atomic mass is 35.5. The molecule has 0 amide bonds. The number of nitrogens with zero attached hydrogens (tertiary/aromatic N) is 1. The molecule has 2 heterocycles. The Labute approximate surface area is 101 Å². The minimum absolute atomic E-state index is 0.183. The Kier molecular flexibility index (Phi) is 3.38. The minimum atomic E-state index is 0.183. The Morgan fingerprint density at radius 1 is 1.56 bits per heavy atom. The Balaban J connectivity index is 2.52. The third-order valence-electron chi connectivity index (χ3n) is 3.44. The van der Waals surface area contributed by atoms with Crippen LogP contribution in [0, 0.1) is 12.8 Å². The minimum Gasteiger partial charge on any atom is -0.312 e. The van der Waals surface area contributed by atoms with Gasteiger partial charge in [0.25, 0.3) is 5.56 Å². The van der Waals surface area contributed by atoms with Gasteiger partial charge in [-0.1, -0.05) is 6.92 Å². The average molecular weight is 240 g/mol. The van der Waals surface area contributed by atoms with E-state index in [9.17, 15) is 4.79 Å². The molecule has 0 aliphatic carbocycles. The maximum Gasteiger partial charge on any atom is 0.254 e. The van der Waals surface area contributed by atoms with E-state index in [0.717, 1.165) is 24.1 Å². The molecule has 2 rings (SSSR count). The van der Waals surface area contributed by atoms with Crippen LogP contribution in [0.1, 0.15) is 30.2 Å². The number of hydrogen-bond donors (Lipinski definition) is 0. The number of halogens is 1. The number of pyridine rings is 1. The van der Waals surface area contributed by atoms with Gasteiger partial charge in [-0.15, -0.1) is 11.6 Å². The topological polar surface area (TPSA) is 22.0 Å². The maximum atomic E-state index is 12.3. The molecule has 0 saturated heterocycles. The van der Waals surface area contributed by atoms with Crippen molar-refractivity contribution in [2.75, 3.05) is 5.88 Å². The predicted molar refractivity (Wildman–Crippen MR) is 67.3 cm³/mol. The molecule has 16 heavy (non-hydrogen) atoms. The zero-order chi connectivity index (χ0) is 11.7. The quantitative estimate of drug-likeness (QED) is 0.727. The van der Waals surface area contributed by atoms with Crippen LogP contribution in [0.25, 0.3) is 0 Å². The van der Waals surface area contributed by atoms with Crippen molar-refractivity contribution in [2.45, 2.75) is 39.7 Å². The highest BCUT2D eigenvalue weighted by Gasteiger charge is 2.18. The fourth-order valence-electron chi connectivity index (χ4n) is 2.48. The smallest absolute Gasteiger partial charge is 0.254 e. The Morgan fingerprint density at radius 2 is 2.31 bits per heavy atom. The van der Waals surface area contributed by atoms with Crippen LogP contribution in [0.2, 0.25) is 0 Å². The second-order valence-electron chi connectivity index (χ2n) is 4.80. The summed E-state index contributed by atoms with van der Waals surface area (Å²) in [5.74, 6) is 1.13. The van der Waals surface area contributed by atoms with Crippen molar-refractivity contribution in [3.8, 4) is 0 Å². The summed E-state index contributed by atoms with van der Waals surface area (Å²) in [6.07, 6.45) is 2.90. The van der Waals surface area contributed by atoms with Gasteiger partial charge in [0, 0.05) is 23.7 Å². The molecule has 1 unspecified atom stereocenters. The molecular formula is C13H18ClNO. The van der Waals surface area contributed by atoms with Gasteiger partial charge in [-0.3, -0.25) is 4.79 Å². The summed E-state index contributed by atoms with van der Waals surface area (Å²) in [6.45, 7) is 5.09. The normalized spacial score (nSPS) is 19.6. The molecule has 1 aliphatic heterocycles. The van der Waals surface area contributed by atoms with Crippen molar-refractivity contribution in [1.29, 1.82) is 0 Å². The van der Waals surface area contributed by atoms with Gasteiger partial charge in [-0.25, -0.2) is 0 Å². The molecule has 1 atom stereocenters. The molecule has 0 aromatic carbocycles. The van der Waals surface area contributed by atoms with E-state index in [2.05, 4.69) is 13.0 Å². The largest absolute Gasteiger partial charge is 0.312 e. The number of alkyl halides is 1. The third kappa shape index (κ3) is 2.03. The lowest BCUT2D eigenvalue weighted by atomic mass is 9.96. The van der Waals surface area contributed by atoms with Crippen LogP contribution >= 0.6 is 11.6 Å². The lowest BCUT2D eigenvalue weighted by Crippen LogP contribution is -2.33. The van der Waals surface area contributed by atoms with Gasteiger partial charge in [0.05, 0.1) is 0 Å². The molecule has 0 fully saturated rings. The SMILES string of the molecule is Cc1cc2n(c(=O)c1CCCl)CC(C)CC2. The molecule has 0 N–H and O–H groups in total. The zero-order valence-corrected chi connectivity index (χ0v) is 10.7. The average Bonchev–Trinajstić information content (AvgIpc) is 2.26. The van der Waals surface area contributed by atoms with Gasteiger partial charge in [0.15, 0.2) is 0 Å². The first-order valence-corrected chi connectivity index (χ1v) is 6.45. The standard InChI is InChI=1S/C13H18ClNO/c1-9-3-4-11-7-10(2)12(5-6-14)13(16)15(11)8-9/h7,9H,3-6,8H2,1-2H3. The highest BCUT2D eigenvalue weighted by Crippen LogP contribution is 2.19. The van der Waals surface area contributed by atoms with Crippen LogP contribution in [0.15, 0.2) is 10.9 Å². The number of aromatic nitrogens is 1. The van der Waals surface area contributed by atoms with E-state index in [1.54, 1.807) is 0 Å². The lowest BCUT2D eigenvalue weighted by molar-refractivity contribution is 0.387. The monoisotopic (exact) mass is 239 g/mol. The van der Waals surface area contributed by atoms with Gasteiger partial charge in [0.2, 0.25) is 0 Å². The number of fused-ring (bicyclic) bond motifs is 1. The van der Waals surface area contributed by atoms with Crippen molar-refractivity contribution in [1.82, 2.24) is 4.57 Å². The van der Waals surface area contributed by atoms with Gasteiger partial charge in [0.1, 0.15) is 0 Å². The van der Waals surface area contributed by atoms with Crippen LogP contribution in [0.3, 0.4) is 0 Å². The van der Waals surface area contributed by atoms with Crippen LogP contribution < -0.4 is 5.56 Å². The molecule has 3 heteroatoms. The molecule has 0 saturated carbocycles. The Bertz CT molecular complexity index is 450. The first-order chi connectivity index (χ1) is 7.63. The first kappa shape index (κ1) is 11.7. The van der Waals surface area contributed by atoms with E-state index >= 15 is 0 Å². The van der Waals surface area contributed by atoms with E-state index in [1.807, 2.05) is 11.5 Å². The molecule has 0 spiro atoms. The van der Waals surface area contributed by atoms with E-state index < -0.39 is 0 Å². The summed E-state index contributed by atoms with van der Waals surface area (Å²) in [7, 11) is 0. The van der Waals surface area contributed by atoms with Crippen LogP contribution in [-0.2, 0) is 19.4 Å². The molecule has 0 radical (unpaired) electrons. The summed E-state index contributed by atoms with van der Waals surface area (Å²) in [5.41, 5.74) is 3.38. The van der Waals surface area contributed by atoms with E-state index in [4.69, 9.17) is 11.6 Å². The van der Waals surface area contributed by atoms with E-state index in [0.29, 0.717) is 18.2 Å². The Hall–Kier alpha value is -0.760. The molecule has 88 valence electrons. The maximum absolute atomic E-state index is 12.3. The van der Waals surface area contributed by atoms with Crippen molar-refractivity contribution in [3.05, 3.63) is 33.2 Å². The van der Waals surface area contributed by atoms with Crippen LogP contribution in [0.4, 0.5) is 0 Å². The lowest BCUT2D eigenvalue weighted by Gasteiger charge is -2.25. The fraction of sp³-hybridized carbons (Fsp3) is 0.615. The molecule has 1 aromatic heterocycles. The molecule has 0 bridgehead atoms. The number of aryl methyl sites for hydroxylation is 2. The van der Waals surface area contributed by atoms with Gasteiger partial charge < -0.3 is 4.57 Å². The van der Waals surface area contributed by atoms with Gasteiger partial charge in [-0.2, -0.15) is 0 Å². The van der Waals surface area contributed by atoms with E-state index in [-0.39, 0.29) is 5.56 Å². The Morgan fingerprint density at radius 3 is 3.00 bits per heavy atom. The third-order valence-corrected chi connectivity index (χ3v) is 3.63. The van der Waals surface area contributed by atoms with Gasteiger partial charge >= 0.3 is 0 Å². The summed E-state index contributed by atoms with van der Waals surface area (Å²) in [6, 6.07) is 2.16. The fourth-order valence-corrected chi connectivity index (χ4v) is 2.67. The molecule has 1 aliphatic rings. The predicted octanol–water partition coefficient (Wildman–Crippen LogP) is 2.52. The second-order valence-corrected chi connectivity index (χ2v) is 5.17. The summed E-state index contributed by atoms with van der Waals surface area (Å²) >= 11 is 5.74.